The van der Waals surface area contributed by atoms with Crippen LogP contribution in [0.4, 0.5) is 0 Å². The molecule has 1 nitrogen and oxygen atoms in total. The Morgan fingerprint density at radius 3 is 2.64 bits per heavy atom. The van der Waals surface area contributed by atoms with Crippen LogP contribution in [0.1, 0.15) is 30.6 Å². The van der Waals surface area contributed by atoms with Crippen molar-refractivity contribution in [3.8, 4) is 0 Å². The monoisotopic (exact) mass is 254 g/mol. The molecule has 1 N–H and O–H groups in total. The summed E-state index contributed by atoms with van der Waals surface area (Å²) >= 11 is 3.41. The lowest BCUT2D eigenvalue weighted by Gasteiger charge is -2.12. The van der Waals surface area contributed by atoms with E-state index in [4.69, 9.17) is 0 Å². The molecule has 1 aromatic rings. The lowest BCUT2D eigenvalue weighted by Crippen LogP contribution is -1.98. The quantitative estimate of drug-likeness (QED) is 0.815. The molecule has 0 amide bonds. The molecule has 0 radical (unpaired) electrons. The molecule has 0 aliphatic carbocycles. The second-order valence-electron chi connectivity index (χ2n) is 3.74. The highest BCUT2D eigenvalue weighted by atomic mass is 79.9. The molecule has 1 aromatic carbocycles. The molecule has 0 aromatic heterocycles. The summed E-state index contributed by atoms with van der Waals surface area (Å²) < 4.78 is 1.01. The number of benzene rings is 1. The van der Waals surface area contributed by atoms with Crippen molar-refractivity contribution in [2.24, 2.45) is 0 Å². The smallest absolute Gasteiger partial charge is 0.0827 e. The molecule has 0 aliphatic rings. The minimum atomic E-state index is -0.441. The van der Waals surface area contributed by atoms with Gasteiger partial charge in [0, 0.05) is 4.47 Å². The van der Waals surface area contributed by atoms with Crippen LogP contribution in [-0.4, -0.2) is 5.11 Å². The molecule has 14 heavy (non-hydrogen) atoms. The van der Waals surface area contributed by atoms with Gasteiger partial charge in [-0.15, -0.1) is 6.58 Å². The lowest BCUT2D eigenvalue weighted by atomic mass is 10.0. The third-order valence-corrected chi connectivity index (χ3v) is 2.45. The minimum Gasteiger partial charge on any atom is -0.388 e. The van der Waals surface area contributed by atoms with Crippen molar-refractivity contribution in [3.63, 3.8) is 0 Å². The highest BCUT2D eigenvalue weighted by Gasteiger charge is 2.08. The Hall–Kier alpha value is -0.600. The number of aliphatic hydroxyl groups is 1. The van der Waals surface area contributed by atoms with Crippen LogP contribution < -0.4 is 0 Å². The van der Waals surface area contributed by atoms with Crippen molar-refractivity contribution in [3.05, 3.63) is 46.0 Å². The van der Waals surface area contributed by atoms with E-state index < -0.39 is 6.10 Å². The number of hydrogen-bond donors (Lipinski definition) is 1. The first-order valence-electron chi connectivity index (χ1n) is 4.58. The van der Waals surface area contributed by atoms with E-state index >= 15 is 0 Å². The van der Waals surface area contributed by atoms with Gasteiger partial charge in [-0.3, -0.25) is 0 Å². The van der Waals surface area contributed by atoms with E-state index in [1.54, 1.807) is 0 Å². The van der Waals surface area contributed by atoms with Crippen LogP contribution in [-0.2, 0) is 0 Å². The van der Waals surface area contributed by atoms with Gasteiger partial charge in [0.05, 0.1) is 6.10 Å². The molecule has 1 rings (SSSR count). The first-order chi connectivity index (χ1) is 6.49. The average Bonchev–Trinajstić information content (AvgIpc) is 2.00. The molecule has 76 valence electrons. The largest absolute Gasteiger partial charge is 0.388 e. The maximum absolute atomic E-state index is 9.86. The van der Waals surface area contributed by atoms with Crippen LogP contribution >= 0.6 is 15.9 Å². The number of rotatable bonds is 3. The van der Waals surface area contributed by atoms with E-state index in [9.17, 15) is 5.11 Å². The summed E-state index contributed by atoms with van der Waals surface area (Å²) in [6, 6.07) is 5.97. The fourth-order valence-corrected chi connectivity index (χ4v) is 2.03. The number of halogens is 1. The van der Waals surface area contributed by atoms with Crippen LogP contribution in [0.5, 0.6) is 0 Å². The first kappa shape index (κ1) is 11.5. The fourth-order valence-electron chi connectivity index (χ4n) is 1.40. The number of aryl methyl sites for hydroxylation is 1. The van der Waals surface area contributed by atoms with Gasteiger partial charge in [-0.1, -0.05) is 27.6 Å². The van der Waals surface area contributed by atoms with Crippen molar-refractivity contribution in [2.45, 2.75) is 26.4 Å². The zero-order valence-corrected chi connectivity index (χ0v) is 10.1. The number of hydrogen-bond acceptors (Lipinski definition) is 1. The molecule has 0 heterocycles. The summed E-state index contributed by atoms with van der Waals surface area (Å²) in [5.41, 5.74) is 3.09. The van der Waals surface area contributed by atoms with Crippen LogP contribution in [0.3, 0.4) is 0 Å². The van der Waals surface area contributed by atoms with Crippen LogP contribution in [0, 0.1) is 6.92 Å². The van der Waals surface area contributed by atoms with E-state index in [-0.39, 0.29) is 0 Å². The summed E-state index contributed by atoms with van der Waals surface area (Å²) in [5.74, 6) is 0. The van der Waals surface area contributed by atoms with Crippen LogP contribution in [0.2, 0.25) is 0 Å². The van der Waals surface area contributed by atoms with Crippen LogP contribution in [0.25, 0.3) is 0 Å². The zero-order chi connectivity index (χ0) is 10.7. The van der Waals surface area contributed by atoms with Gasteiger partial charge in [-0.25, -0.2) is 0 Å². The Balaban J connectivity index is 2.89. The molecule has 0 fully saturated rings. The molecule has 0 aliphatic heterocycles. The minimum absolute atomic E-state index is 0.441. The van der Waals surface area contributed by atoms with Gasteiger partial charge in [-0.05, 0) is 43.5 Å². The van der Waals surface area contributed by atoms with E-state index in [0.29, 0.717) is 6.42 Å². The zero-order valence-electron chi connectivity index (χ0n) is 8.55. The topological polar surface area (TPSA) is 20.2 Å². The van der Waals surface area contributed by atoms with Crippen molar-refractivity contribution >= 4 is 15.9 Å². The van der Waals surface area contributed by atoms with E-state index in [2.05, 4.69) is 22.5 Å². The summed E-state index contributed by atoms with van der Waals surface area (Å²) in [6.07, 6.45) is 0.180. The third kappa shape index (κ3) is 3.28. The maximum Gasteiger partial charge on any atom is 0.0827 e. The molecular formula is C12H15BrO. The summed E-state index contributed by atoms with van der Waals surface area (Å²) in [4.78, 5) is 0. The standard InChI is InChI=1S/C12H15BrO/c1-8(2)4-12(14)10-5-9(3)6-11(13)7-10/h5-7,12,14H,1,4H2,2-3H3. The van der Waals surface area contributed by atoms with Gasteiger partial charge in [0.25, 0.3) is 0 Å². The molecule has 0 spiro atoms. The molecule has 0 saturated carbocycles. The second kappa shape index (κ2) is 4.76. The Morgan fingerprint density at radius 1 is 1.50 bits per heavy atom. The van der Waals surface area contributed by atoms with Gasteiger partial charge in [-0.2, -0.15) is 0 Å². The fraction of sp³-hybridized carbons (Fsp3) is 0.333. The number of aliphatic hydroxyl groups excluding tert-OH is 1. The van der Waals surface area contributed by atoms with Crippen molar-refractivity contribution in [1.29, 1.82) is 0 Å². The van der Waals surface area contributed by atoms with Gasteiger partial charge in [0.15, 0.2) is 0 Å². The SMILES string of the molecule is C=C(C)CC(O)c1cc(C)cc(Br)c1. The molecule has 1 unspecified atom stereocenters. The maximum atomic E-state index is 9.86. The summed E-state index contributed by atoms with van der Waals surface area (Å²) in [5, 5.41) is 9.86. The van der Waals surface area contributed by atoms with E-state index in [0.717, 1.165) is 21.2 Å². The van der Waals surface area contributed by atoms with Gasteiger partial charge < -0.3 is 5.11 Å². The van der Waals surface area contributed by atoms with Gasteiger partial charge in [0.1, 0.15) is 0 Å². The van der Waals surface area contributed by atoms with Crippen molar-refractivity contribution < 1.29 is 5.11 Å². The Bertz CT molecular complexity index is 324. The van der Waals surface area contributed by atoms with Gasteiger partial charge >= 0.3 is 0 Å². The molecule has 2 heteroatoms. The Labute approximate surface area is 93.6 Å². The molecular weight excluding hydrogens is 240 g/mol. The molecule has 0 saturated heterocycles. The average molecular weight is 255 g/mol. The van der Waals surface area contributed by atoms with Crippen LogP contribution in [0.15, 0.2) is 34.8 Å². The van der Waals surface area contributed by atoms with Crippen molar-refractivity contribution in [2.75, 3.05) is 0 Å². The Kier molecular flexibility index (Phi) is 3.90. The highest BCUT2D eigenvalue weighted by molar-refractivity contribution is 9.10. The Morgan fingerprint density at radius 2 is 2.14 bits per heavy atom. The predicted molar refractivity (Wildman–Crippen MR) is 63.3 cm³/mol. The third-order valence-electron chi connectivity index (χ3n) is 1.99. The van der Waals surface area contributed by atoms with E-state index in [1.807, 2.05) is 32.0 Å². The molecule has 1 atom stereocenters. The second-order valence-corrected chi connectivity index (χ2v) is 4.65. The van der Waals surface area contributed by atoms with E-state index in [1.165, 1.54) is 0 Å². The lowest BCUT2D eigenvalue weighted by molar-refractivity contribution is 0.178. The van der Waals surface area contributed by atoms with Crippen molar-refractivity contribution in [1.82, 2.24) is 0 Å². The summed E-state index contributed by atoms with van der Waals surface area (Å²) in [6.45, 7) is 7.73. The highest BCUT2D eigenvalue weighted by Crippen LogP contribution is 2.24. The summed E-state index contributed by atoms with van der Waals surface area (Å²) in [7, 11) is 0. The predicted octanol–water partition coefficient (Wildman–Crippen LogP) is 3.76. The first-order valence-corrected chi connectivity index (χ1v) is 5.38. The van der Waals surface area contributed by atoms with Gasteiger partial charge in [0.2, 0.25) is 0 Å². The molecule has 0 bridgehead atoms. The normalized spacial score (nSPS) is 12.6.